The van der Waals surface area contributed by atoms with Crippen LogP contribution >= 0.6 is 0 Å². The minimum atomic E-state index is -4.06. The monoisotopic (exact) mass is 571 g/mol. The molecule has 2 aromatic heterocycles. The summed E-state index contributed by atoms with van der Waals surface area (Å²) >= 11 is 0. The van der Waals surface area contributed by atoms with Gasteiger partial charge in [0.15, 0.2) is 0 Å². The summed E-state index contributed by atoms with van der Waals surface area (Å²) in [6.45, 7) is 2.04. The van der Waals surface area contributed by atoms with Crippen molar-refractivity contribution in [1.29, 1.82) is 0 Å². The molecule has 1 saturated heterocycles. The Balaban J connectivity index is 1.41. The molecule has 6 rings (SSSR count). The number of hydrogen-bond acceptors (Lipinski definition) is 5. The van der Waals surface area contributed by atoms with Crippen LogP contribution in [0, 0.1) is 12.7 Å². The Morgan fingerprint density at radius 1 is 1.00 bits per heavy atom. The molecule has 1 aliphatic rings. The van der Waals surface area contributed by atoms with E-state index in [1.165, 1.54) is 34.8 Å². The molecule has 1 unspecified atom stereocenters. The first-order valence-electron chi connectivity index (χ1n) is 13.5. The first-order valence-corrected chi connectivity index (χ1v) is 15.0. The van der Waals surface area contributed by atoms with Crippen LogP contribution in [-0.4, -0.2) is 44.7 Å². The van der Waals surface area contributed by atoms with Crippen molar-refractivity contribution >= 4 is 26.8 Å². The zero-order valence-electron chi connectivity index (χ0n) is 22.9. The molecule has 8 nitrogen and oxygen atoms in total. The second kappa shape index (κ2) is 10.3. The summed E-state index contributed by atoms with van der Waals surface area (Å²) < 4.78 is 44.8. The van der Waals surface area contributed by atoms with Crippen LogP contribution in [0.2, 0.25) is 0 Å². The highest BCUT2D eigenvalue weighted by molar-refractivity contribution is 7.89. The molecule has 0 N–H and O–H groups in total. The lowest BCUT2D eigenvalue weighted by molar-refractivity contribution is -0.128. The second-order valence-electron chi connectivity index (χ2n) is 10.7. The third-order valence-electron chi connectivity index (χ3n) is 8.06. The van der Waals surface area contributed by atoms with Crippen LogP contribution in [0.3, 0.4) is 0 Å². The number of carbonyl (C=O) groups excluding carboxylic acids is 1. The highest BCUT2D eigenvalue weighted by Crippen LogP contribution is 2.44. The predicted molar refractivity (Wildman–Crippen MR) is 154 cm³/mol. The summed E-state index contributed by atoms with van der Waals surface area (Å²) in [5.41, 5.74) is 3.38. The van der Waals surface area contributed by atoms with Gasteiger partial charge >= 0.3 is 0 Å². The Labute approximate surface area is 238 Å². The van der Waals surface area contributed by atoms with Crippen molar-refractivity contribution in [3.05, 3.63) is 108 Å². The van der Waals surface area contributed by atoms with Gasteiger partial charge in [-0.2, -0.15) is 10.2 Å². The van der Waals surface area contributed by atoms with Crippen molar-refractivity contribution in [2.24, 2.45) is 7.05 Å². The molecule has 0 saturated carbocycles. The number of amides is 1. The molecule has 0 bridgehead atoms. The van der Waals surface area contributed by atoms with E-state index in [-0.39, 0.29) is 17.3 Å². The molecular formula is C31H30FN5O3S. The molecule has 0 spiro atoms. The van der Waals surface area contributed by atoms with E-state index in [2.05, 4.69) is 22.3 Å². The normalized spacial score (nSPS) is 17.5. The summed E-state index contributed by atoms with van der Waals surface area (Å²) in [4.78, 5) is 14.3. The van der Waals surface area contributed by atoms with Gasteiger partial charge in [-0.05, 0) is 85.7 Å². The standard InChI is InChI=1S/C31H30FN5O3S/c1-22-17-29-24(19-34-37(29)26-12-10-25(32)11-13-26)18-28(22)31(14-6-9-23-7-4-3-5-8-23)15-16-36(30(31)38)41(39,40)27-20-33-35(2)21-27/h3-5,7-8,10-13,17-21H,6,9,14-16H2,1-2H3. The smallest absolute Gasteiger partial charge is 0.269 e. The van der Waals surface area contributed by atoms with Crippen LogP contribution < -0.4 is 0 Å². The van der Waals surface area contributed by atoms with Crippen LogP contribution in [0.15, 0.2) is 90.2 Å². The second-order valence-corrected chi connectivity index (χ2v) is 12.5. The fraction of sp³-hybridized carbons (Fsp3) is 0.258. The van der Waals surface area contributed by atoms with Gasteiger partial charge in [0.2, 0.25) is 5.91 Å². The first-order chi connectivity index (χ1) is 19.7. The van der Waals surface area contributed by atoms with Crippen molar-refractivity contribution in [1.82, 2.24) is 23.9 Å². The van der Waals surface area contributed by atoms with Gasteiger partial charge in [0, 0.05) is 25.2 Å². The maximum atomic E-state index is 14.3. The minimum Gasteiger partial charge on any atom is -0.274 e. The molecule has 0 aliphatic carbocycles. The van der Waals surface area contributed by atoms with E-state index in [1.807, 2.05) is 37.3 Å². The maximum Gasteiger partial charge on any atom is 0.269 e. The van der Waals surface area contributed by atoms with Crippen LogP contribution in [-0.2, 0) is 33.7 Å². The minimum absolute atomic E-state index is 0.00110. The summed E-state index contributed by atoms with van der Waals surface area (Å²) in [5, 5.41) is 9.36. The lowest BCUT2D eigenvalue weighted by atomic mass is 9.73. The summed E-state index contributed by atoms with van der Waals surface area (Å²) in [6, 6.07) is 20.1. The molecule has 3 aromatic carbocycles. The van der Waals surface area contributed by atoms with Gasteiger partial charge in [-0.3, -0.25) is 9.48 Å². The van der Waals surface area contributed by atoms with E-state index in [0.29, 0.717) is 19.3 Å². The van der Waals surface area contributed by atoms with Gasteiger partial charge in [-0.1, -0.05) is 30.3 Å². The fourth-order valence-electron chi connectivity index (χ4n) is 5.97. The van der Waals surface area contributed by atoms with E-state index in [4.69, 9.17) is 0 Å². The van der Waals surface area contributed by atoms with Gasteiger partial charge in [-0.25, -0.2) is 21.8 Å². The fourth-order valence-corrected chi connectivity index (χ4v) is 7.41. The van der Waals surface area contributed by atoms with Gasteiger partial charge in [0.1, 0.15) is 10.7 Å². The topological polar surface area (TPSA) is 90.1 Å². The zero-order chi connectivity index (χ0) is 28.8. The Kier molecular flexibility index (Phi) is 6.73. The number of carbonyl (C=O) groups is 1. The summed E-state index contributed by atoms with van der Waals surface area (Å²) in [6.07, 6.45) is 6.77. The summed E-state index contributed by atoms with van der Waals surface area (Å²) in [5.74, 6) is -0.741. The maximum absolute atomic E-state index is 14.3. The third kappa shape index (κ3) is 4.72. The number of aryl methyl sites for hydroxylation is 3. The molecule has 41 heavy (non-hydrogen) atoms. The predicted octanol–water partition coefficient (Wildman–Crippen LogP) is 5.09. The van der Waals surface area contributed by atoms with E-state index < -0.39 is 21.3 Å². The molecule has 3 heterocycles. The summed E-state index contributed by atoms with van der Waals surface area (Å²) in [7, 11) is -2.42. The number of aromatic nitrogens is 4. The Hall–Kier alpha value is -4.31. The Bertz CT molecular complexity index is 1850. The van der Waals surface area contributed by atoms with Gasteiger partial charge < -0.3 is 0 Å². The zero-order valence-corrected chi connectivity index (χ0v) is 23.7. The molecule has 0 radical (unpaired) electrons. The van der Waals surface area contributed by atoms with Crippen molar-refractivity contribution in [3.8, 4) is 5.69 Å². The number of halogens is 1. The van der Waals surface area contributed by atoms with E-state index in [9.17, 15) is 17.6 Å². The van der Waals surface area contributed by atoms with E-state index >= 15 is 0 Å². The van der Waals surface area contributed by atoms with Crippen molar-refractivity contribution in [3.63, 3.8) is 0 Å². The van der Waals surface area contributed by atoms with Crippen molar-refractivity contribution in [2.75, 3.05) is 6.54 Å². The number of nitrogens with zero attached hydrogens (tertiary/aromatic N) is 5. The highest BCUT2D eigenvalue weighted by atomic mass is 32.2. The van der Waals surface area contributed by atoms with Crippen molar-refractivity contribution in [2.45, 2.75) is 42.9 Å². The van der Waals surface area contributed by atoms with Crippen molar-refractivity contribution < 1.29 is 17.6 Å². The third-order valence-corrected chi connectivity index (χ3v) is 9.79. The number of sulfonamides is 1. The SMILES string of the molecule is Cc1cc2c(cnn2-c2ccc(F)cc2)cc1C1(CCCc2ccccc2)CCN(S(=O)(=O)c2cnn(C)c2)C1=O. The molecule has 1 aliphatic heterocycles. The average molecular weight is 572 g/mol. The van der Waals surface area contributed by atoms with Gasteiger partial charge in [0.25, 0.3) is 10.0 Å². The first kappa shape index (κ1) is 26.9. The van der Waals surface area contributed by atoms with Gasteiger partial charge in [0.05, 0.1) is 29.0 Å². The molecule has 5 aromatic rings. The Morgan fingerprint density at radius 3 is 2.46 bits per heavy atom. The average Bonchev–Trinajstić information content (AvgIpc) is 3.67. The number of rotatable bonds is 8. The largest absolute Gasteiger partial charge is 0.274 e. The van der Waals surface area contributed by atoms with Crippen LogP contribution in [0.5, 0.6) is 0 Å². The molecule has 210 valence electrons. The van der Waals surface area contributed by atoms with Gasteiger partial charge in [-0.15, -0.1) is 0 Å². The van der Waals surface area contributed by atoms with Crippen LogP contribution in [0.4, 0.5) is 4.39 Å². The quantitative estimate of drug-likeness (QED) is 0.259. The molecule has 1 atom stereocenters. The van der Waals surface area contributed by atoms with Crippen LogP contribution in [0.25, 0.3) is 16.6 Å². The lowest BCUT2D eigenvalue weighted by Crippen LogP contribution is -2.41. The molecule has 10 heteroatoms. The van der Waals surface area contributed by atoms with Crippen LogP contribution in [0.1, 0.15) is 36.0 Å². The Morgan fingerprint density at radius 2 is 1.76 bits per heavy atom. The number of hydrogen-bond donors (Lipinski definition) is 0. The number of fused-ring (bicyclic) bond motifs is 1. The van der Waals surface area contributed by atoms with E-state index in [0.717, 1.165) is 38.4 Å². The molecular weight excluding hydrogens is 541 g/mol. The molecule has 1 amide bonds. The number of benzene rings is 3. The highest BCUT2D eigenvalue weighted by Gasteiger charge is 2.52. The van der Waals surface area contributed by atoms with E-state index in [1.54, 1.807) is 30.1 Å². The molecule has 1 fully saturated rings. The lowest BCUT2D eigenvalue weighted by Gasteiger charge is -2.30.